The molecule has 1 aromatic heterocycles. The summed E-state index contributed by atoms with van der Waals surface area (Å²) in [7, 11) is 0. The van der Waals surface area contributed by atoms with Crippen molar-refractivity contribution in [2.24, 2.45) is 0 Å². The Balaban J connectivity index is 1.82. The Bertz CT molecular complexity index is 811. The van der Waals surface area contributed by atoms with Gasteiger partial charge in [0, 0.05) is 5.56 Å². The van der Waals surface area contributed by atoms with Gasteiger partial charge in [-0.2, -0.15) is 4.57 Å². The lowest BCUT2D eigenvalue weighted by Gasteiger charge is -2.01. The Labute approximate surface area is 135 Å². The van der Waals surface area contributed by atoms with E-state index < -0.39 is 0 Å². The average Bonchev–Trinajstić information content (AvgIpc) is 2.62. The van der Waals surface area contributed by atoms with E-state index in [2.05, 4.69) is 4.98 Å². The minimum Gasteiger partial charge on any atom is -0.282 e. The molecule has 3 heteroatoms. The molecule has 3 rings (SSSR count). The Hall–Kier alpha value is -3.07. The highest BCUT2D eigenvalue weighted by atomic mass is 16.1. The summed E-state index contributed by atoms with van der Waals surface area (Å²) in [4.78, 5) is 16.6. The van der Waals surface area contributed by atoms with Gasteiger partial charge in [0.05, 0.1) is 6.20 Å². The van der Waals surface area contributed by atoms with Gasteiger partial charge in [0.15, 0.2) is 12.7 Å². The third kappa shape index (κ3) is 3.98. The second-order valence-electron chi connectivity index (χ2n) is 5.18. The molecule has 3 aromatic rings. The first kappa shape index (κ1) is 14.9. The molecule has 0 aliphatic heterocycles. The maximum Gasteiger partial charge on any atom is 0.271 e. The topological polar surface area (TPSA) is 33.8 Å². The van der Waals surface area contributed by atoms with Crippen LogP contribution >= 0.6 is 0 Å². The smallest absolute Gasteiger partial charge is 0.271 e. The third-order valence-corrected chi connectivity index (χ3v) is 3.51. The maximum atomic E-state index is 12.5. The van der Waals surface area contributed by atoms with Gasteiger partial charge in [0.1, 0.15) is 6.20 Å². The van der Waals surface area contributed by atoms with Gasteiger partial charge in [-0.3, -0.25) is 9.78 Å². The quantitative estimate of drug-likeness (QED) is 0.411. The maximum absolute atomic E-state index is 12.5. The molecule has 0 fully saturated rings. The van der Waals surface area contributed by atoms with Crippen molar-refractivity contribution in [1.29, 1.82) is 0 Å². The highest BCUT2D eigenvalue weighted by Gasteiger charge is 2.17. The number of aromatic nitrogens is 2. The van der Waals surface area contributed by atoms with E-state index in [0.29, 0.717) is 12.2 Å². The molecule has 1 heterocycles. The summed E-state index contributed by atoms with van der Waals surface area (Å²) in [5.41, 5.74) is 2.72. The summed E-state index contributed by atoms with van der Waals surface area (Å²) in [5.74, 6) is -0.0575. The fraction of sp³-hybridized carbons (Fsp3) is 0.0500. The first-order valence-electron chi connectivity index (χ1n) is 7.48. The van der Waals surface area contributed by atoms with Gasteiger partial charge in [-0.25, -0.2) is 0 Å². The molecule has 0 aliphatic carbocycles. The number of benzene rings is 2. The molecule has 0 amide bonds. The normalized spacial score (nSPS) is 10.8. The van der Waals surface area contributed by atoms with Crippen LogP contribution in [0.4, 0.5) is 0 Å². The number of ketones is 1. The fourth-order valence-electron chi connectivity index (χ4n) is 2.33. The molecule has 3 nitrogen and oxygen atoms in total. The van der Waals surface area contributed by atoms with Crippen LogP contribution in [-0.4, -0.2) is 10.8 Å². The van der Waals surface area contributed by atoms with E-state index in [-0.39, 0.29) is 5.78 Å². The minimum absolute atomic E-state index is 0.0575. The summed E-state index contributed by atoms with van der Waals surface area (Å²) in [6.45, 7) is 0.642. The van der Waals surface area contributed by atoms with Crippen LogP contribution in [0.25, 0.3) is 6.08 Å². The van der Waals surface area contributed by atoms with Gasteiger partial charge in [0.25, 0.3) is 11.5 Å². The zero-order chi connectivity index (χ0) is 15.9. The van der Waals surface area contributed by atoms with Crippen LogP contribution in [0.1, 0.15) is 21.6 Å². The van der Waals surface area contributed by atoms with Crippen molar-refractivity contribution >= 4 is 11.9 Å². The largest absolute Gasteiger partial charge is 0.282 e. The van der Waals surface area contributed by atoms with Gasteiger partial charge >= 0.3 is 0 Å². The Kier molecular flexibility index (Phi) is 4.69. The highest BCUT2D eigenvalue weighted by Crippen LogP contribution is 2.04. The standard InChI is InChI=1S/C20H17N2O/c23-20(12-11-17-7-3-1-4-8-17)19-15-21-13-14-22(19)16-18-9-5-2-6-10-18/h1-15H,16H2/q+1. The number of hydrogen-bond acceptors (Lipinski definition) is 2. The van der Waals surface area contributed by atoms with E-state index in [1.54, 1.807) is 18.5 Å². The highest BCUT2D eigenvalue weighted by molar-refractivity contribution is 6.04. The van der Waals surface area contributed by atoms with Gasteiger partial charge in [0.2, 0.25) is 0 Å². The van der Waals surface area contributed by atoms with Crippen LogP contribution in [0, 0.1) is 0 Å². The summed E-state index contributed by atoms with van der Waals surface area (Å²) >= 11 is 0. The van der Waals surface area contributed by atoms with Crippen LogP contribution in [0.5, 0.6) is 0 Å². The fourth-order valence-corrected chi connectivity index (χ4v) is 2.33. The summed E-state index contributed by atoms with van der Waals surface area (Å²) in [6.07, 6.45) is 8.55. The molecule has 2 aromatic carbocycles. The zero-order valence-corrected chi connectivity index (χ0v) is 12.7. The Morgan fingerprint density at radius 3 is 2.43 bits per heavy atom. The molecule has 0 bridgehead atoms. The predicted octanol–water partition coefficient (Wildman–Crippen LogP) is 3.31. The number of nitrogens with zero attached hydrogens (tertiary/aromatic N) is 2. The van der Waals surface area contributed by atoms with Crippen LogP contribution in [0.2, 0.25) is 0 Å². The first-order valence-corrected chi connectivity index (χ1v) is 7.48. The molecule has 0 saturated heterocycles. The van der Waals surface area contributed by atoms with E-state index in [1.165, 1.54) is 0 Å². The number of rotatable bonds is 5. The number of carbonyl (C=O) groups excluding carboxylic acids is 1. The lowest BCUT2D eigenvalue weighted by atomic mass is 10.1. The van der Waals surface area contributed by atoms with Crippen LogP contribution in [0.3, 0.4) is 0 Å². The molecule has 0 spiro atoms. The summed E-state index contributed by atoms with van der Waals surface area (Å²) in [5, 5.41) is 0. The van der Waals surface area contributed by atoms with Gasteiger partial charge in [-0.05, 0) is 11.6 Å². The molecule has 0 saturated carbocycles. The zero-order valence-electron chi connectivity index (χ0n) is 12.7. The van der Waals surface area contributed by atoms with Crippen LogP contribution in [0.15, 0.2) is 85.3 Å². The van der Waals surface area contributed by atoms with Gasteiger partial charge in [-0.15, -0.1) is 0 Å². The number of carbonyl (C=O) groups is 1. The molecule has 112 valence electrons. The van der Waals surface area contributed by atoms with Gasteiger partial charge < -0.3 is 0 Å². The second-order valence-corrected chi connectivity index (χ2v) is 5.18. The van der Waals surface area contributed by atoms with Gasteiger partial charge in [-0.1, -0.05) is 66.7 Å². The van der Waals surface area contributed by atoms with Crippen molar-refractivity contribution in [3.63, 3.8) is 0 Å². The lowest BCUT2D eigenvalue weighted by molar-refractivity contribution is -0.690. The third-order valence-electron chi connectivity index (χ3n) is 3.51. The van der Waals surface area contributed by atoms with Crippen molar-refractivity contribution in [3.05, 3.63) is 102 Å². The Morgan fingerprint density at radius 1 is 1.00 bits per heavy atom. The van der Waals surface area contributed by atoms with E-state index in [9.17, 15) is 4.79 Å². The number of hydrogen-bond donors (Lipinski definition) is 0. The molecule has 0 radical (unpaired) electrons. The van der Waals surface area contributed by atoms with Crippen molar-refractivity contribution in [3.8, 4) is 0 Å². The van der Waals surface area contributed by atoms with Crippen molar-refractivity contribution in [2.75, 3.05) is 0 Å². The second kappa shape index (κ2) is 7.27. The molecule has 0 aliphatic rings. The first-order chi connectivity index (χ1) is 11.3. The molecular formula is C20H17N2O+. The van der Waals surface area contributed by atoms with E-state index >= 15 is 0 Å². The minimum atomic E-state index is -0.0575. The summed E-state index contributed by atoms with van der Waals surface area (Å²) in [6, 6.07) is 19.8. The van der Waals surface area contributed by atoms with Crippen molar-refractivity contribution in [2.45, 2.75) is 6.54 Å². The lowest BCUT2D eigenvalue weighted by Crippen LogP contribution is -2.40. The molecule has 23 heavy (non-hydrogen) atoms. The summed E-state index contributed by atoms with van der Waals surface area (Å²) < 4.78 is 1.92. The van der Waals surface area contributed by atoms with E-state index in [0.717, 1.165) is 11.1 Å². The van der Waals surface area contributed by atoms with Crippen molar-refractivity contribution in [1.82, 2.24) is 4.98 Å². The monoisotopic (exact) mass is 301 g/mol. The van der Waals surface area contributed by atoms with Crippen LogP contribution in [-0.2, 0) is 6.54 Å². The van der Waals surface area contributed by atoms with E-state index in [1.807, 2.05) is 77.5 Å². The molecule has 0 N–H and O–H groups in total. The SMILES string of the molecule is O=C(C=Cc1ccccc1)c1cncc[n+]1Cc1ccccc1. The van der Waals surface area contributed by atoms with Crippen LogP contribution < -0.4 is 4.57 Å². The molecule has 0 atom stereocenters. The average molecular weight is 301 g/mol. The Morgan fingerprint density at radius 2 is 1.70 bits per heavy atom. The van der Waals surface area contributed by atoms with E-state index in [4.69, 9.17) is 0 Å². The predicted molar refractivity (Wildman–Crippen MR) is 89.8 cm³/mol. The molecular weight excluding hydrogens is 284 g/mol. The molecule has 0 unspecified atom stereocenters. The van der Waals surface area contributed by atoms with Crippen molar-refractivity contribution < 1.29 is 9.36 Å². The number of allylic oxidation sites excluding steroid dienone is 1.